The van der Waals surface area contributed by atoms with Crippen molar-refractivity contribution in [3.05, 3.63) is 62.9 Å². The number of rotatable bonds is 2. The summed E-state index contributed by atoms with van der Waals surface area (Å²) in [6.07, 6.45) is 0. The van der Waals surface area contributed by atoms with Crippen LogP contribution in [0, 0.1) is 0 Å². The highest BCUT2D eigenvalue weighted by molar-refractivity contribution is 9.10. The van der Waals surface area contributed by atoms with Gasteiger partial charge in [0.15, 0.2) is 0 Å². The van der Waals surface area contributed by atoms with Crippen LogP contribution in [0.2, 0.25) is 0 Å². The molecule has 0 amide bonds. The molecule has 0 saturated carbocycles. The first-order valence-electron chi connectivity index (χ1n) is 7.02. The number of esters is 1. The molecule has 0 spiro atoms. The van der Waals surface area contributed by atoms with Gasteiger partial charge in [0.05, 0.1) is 18.3 Å². The number of nitrogens with zero attached hydrogens (tertiary/aromatic N) is 1. The summed E-state index contributed by atoms with van der Waals surface area (Å²) >= 11 is 3.39. The van der Waals surface area contributed by atoms with E-state index in [0.717, 1.165) is 4.47 Å². The van der Waals surface area contributed by atoms with Crippen molar-refractivity contribution in [2.75, 3.05) is 18.6 Å². The van der Waals surface area contributed by atoms with Crippen LogP contribution in [-0.2, 0) is 4.74 Å². The smallest absolute Gasteiger partial charge is 0.345 e. The number of benzene rings is 2. The van der Waals surface area contributed by atoms with Crippen LogP contribution in [0.15, 0.2) is 51.7 Å². The van der Waals surface area contributed by atoms with Gasteiger partial charge in [-0.05, 0) is 42.5 Å². The molecule has 0 bridgehead atoms. The number of nitrogen functional groups attached to an aromatic ring is 2. The van der Waals surface area contributed by atoms with Crippen molar-refractivity contribution in [3.8, 4) is 5.69 Å². The molecule has 4 N–H and O–H groups in total. The largest absolute Gasteiger partial charge is 0.465 e. The number of hydrogen-bond acceptors (Lipinski definition) is 5. The normalized spacial score (nSPS) is 10.8. The Morgan fingerprint density at radius 1 is 1.12 bits per heavy atom. The van der Waals surface area contributed by atoms with Gasteiger partial charge in [-0.2, -0.15) is 0 Å². The summed E-state index contributed by atoms with van der Waals surface area (Å²) in [5.41, 5.74) is 12.9. The van der Waals surface area contributed by atoms with Crippen LogP contribution >= 0.6 is 15.9 Å². The zero-order valence-electron chi connectivity index (χ0n) is 12.7. The van der Waals surface area contributed by atoms with E-state index in [0.29, 0.717) is 22.3 Å². The molecule has 0 aliphatic heterocycles. The number of carbonyl (C=O) groups is 1. The Hall–Kier alpha value is -2.80. The number of methoxy groups -OCH3 is 1. The van der Waals surface area contributed by atoms with E-state index < -0.39 is 11.5 Å². The van der Waals surface area contributed by atoms with Gasteiger partial charge in [-0.3, -0.25) is 9.36 Å². The summed E-state index contributed by atoms with van der Waals surface area (Å²) in [5.74, 6) is -0.772. The van der Waals surface area contributed by atoms with Gasteiger partial charge in [0.25, 0.3) is 5.56 Å². The van der Waals surface area contributed by atoms with Gasteiger partial charge in [0, 0.05) is 21.2 Å². The number of nitrogens with two attached hydrogens (primary N) is 2. The Labute approximate surface area is 145 Å². The van der Waals surface area contributed by atoms with E-state index in [-0.39, 0.29) is 11.3 Å². The highest BCUT2D eigenvalue weighted by Crippen LogP contribution is 2.28. The Balaban J connectivity index is 2.50. The Bertz CT molecular complexity index is 1010. The van der Waals surface area contributed by atoms with Crippen molar-refractivity contribution in [2.24, 2.45) is 0 Å². The van der Waals surface area contributed by atoms with Gasteiger partial charge in [0.1, 0.15) is 5.56 Å². The van der Waals surface area contributed by atoms with Crippen LogP contribution in [0.4, 0.5) is 11.4 Å². The molecule has 0 aliphatic carbocycles. The summed E-state index contributed by atoms with van der Waals surface area (Å²) in [7, 11) is 1.21. The SMILES string of the molecule is COC(=O)c1c(N)c2ccc(Br)cc2n(-c2ccc(N)cc2)c1=O. The van der Waals surface area contributed by atoms with Crippen molar-refractivity contribution >= 4 is 44.2 Å². The number of aromatic nitrogens is 1. The standard InChI is InChI=1S/C17H14BrN3O3/c1-24-17(23)14-15(20)12-7-2-9(18)8-13(12)21(16(14)22)11-5-3-10(19)4-6-11/h2-8H,19-20H2,1H3. The average molecular weight is 388 g/mol. The fourth-order valence-electron chi connectivity index (χ4n) is 2.57. The summed E-state index contributed by atoms with van der Waals surface area (Å²) in [6, 6.07) is 12.1. The summed E-state index contributed by atoms with van der Waals surface area (Å²) in [4.78, 5) is 25.0. The third-order valence-electron chi connectivity index (χ3n) is 3.72. The molecule has 0 atom stereocenters. The van der Waals surface area contributed by atoms with Crippen molar-refractivity contribution in [1.82, 2.24) is 4.57 Å². The fraction of sp³-hybridized carbons (Fsp3) is 0.0588. The first kappa shape index (κ1) is 16.1. The lowest BCUT2D eigenvalue weighted by Crippen LogP contribution is -2.28. The van der Waals surface area contributed by atoms with Gasteiger partial charge in [-0.25, -0.2) is 4.79 Å². The molecule has 0 unspecified atom stereocenters. The zero-order valence-corrected chi connectivity index (χ0v) is 14.3. The Morgan fingerprint density at radius 3 is 2.42 bits per heavy atom. The van der Waals surface area contributed by atoms with Crippen molar-refractivity contribution < 1.29 is 9.53 Å². The number of halogens is 1. The molecule has 7 heteroatoms. The van der Waals surface area contributed by atoms with Crippen LogP contribution in [-0.4, -0.2) is 17.6 Å². The van der Waals surface area contributed by atoms with E-state index in [1.807, 2.05) is 0 Å². The number of fused-ring (bicyclic) bond motifs is 1. The predicted octanol–water partition coefficient (Wildman–Crippen LogP) is 2.70. The quantitative estimate of drug-likeness (QED) is 0.519. The van der Waals surface area contributed by atoms with Crippen molar-refractivity contribution in [1.29, 1.82) is 0 Å². The number of anilines is 2. The highest BCUT2D eigenvalue weighted by Gasteiger charge is 2.22. The van der Waals surface area contributed by atoms with Crippen molar-refractivity contribution in [2.45, 2.75) is 0 Å². The molecule has 1 aromatic heterocycles. The molecule has 6 nitrogen and oxygen atoms in total. The lowest BCUT2D eigenvalue weighted by Gasteiger charge is -2.15. The topological polar surface area (TPSA) is 100 Å². The van der Waals surface area contributed by atoms with E-state index in [1.165, 1.54) is 11.7 Å². The van der Waals surface area contributed by atoms with E-state index in [2.05, 4.69) is 15.9 Å². The van der Waals surface area contributed by atoms with Gasteiger partial charge < -0.3 is 16.2 Å². The molecule has 2 aromatic carbocycles. The molecule has 24 heavy (non-hydrogen) atoms. The maximum Gasteiger partial charge on any atom is 0.345 e. The van der Waals surface area contributed by atoms with E-state index in [4.69, 9.17) is 16.2 Å². The van der Waals surface area contributed by atoms with Gasteiger partial charge in [-0.1, -0.05) is 15.9 Å². The number of carbonyl (C=O) groups excluding carboxylic acids is 1. The second-order valence-corrected chi connectivity index (χ2v) is 6.09. The summed E-state index contributed by atoms with van der Waals surface area (Å²) < 4.78 is 6.92. The molecular weight excluding hydrogens is 374 g/mol. The summed E-state index contributed by atoms with van der Waals surface area (Å²) in [6.45, 7) is 0. The fourth-order valence-corrected chi connectivity index (χ4v) is 2.92. The molecule has 0 radical (unpaired) electrons. The molecular formula is C17H14BrN3O3. The number of hydrogen-bond donors (Lipinski definition) is 2. The van der Waals surface area contributed by atoms with Crippen molar-refractivity contribution in [3.63, 3.8) is 0 Å². The third-order valence-corrected chi connectivity index (χ3v) is 4.21. The lowest BCUT2D eigenvalue weighted by molar-refractivity contribution is 0.0600. The number of pyridine rings is 1. The van der Waals surface area contributed by atoms with Gasteiger partial charge >= 0.3 is 5.97 Å². The molecule has 0 fully saturated rings. The average Bonchev–Trinajstić information content (AvgIpc) is 2.56. The first-order valence-corrected chi connectivity index (χ1v) is 7.81. The lowest BCUT2D eigenvalue weighted by atomic mass is 10.1. The second kappa shape index (κ2) is 6.01. The number of ether oxygens (including phenoxy) is 1. The maximum absolute atomic E-state index is 12.9. The highest BCUT2D eigenvalue weighted by atomic mass is 79.9. The zero-order chi connectivity index (χ0) is 17.4. The van der Waals surface area contributed by atoms with Crippen LogP contribution in [0.3, 0.4) is 0 Å². The van der Waals surface area contributed by atoms with Crippen LogP contribution in [0.5, 0.6) is 0 Å². The predicted molar refractivity (Wildman–Crippen MR) is 97.4 cm³/mol. The third kappa shape index (κ3) is 2.52. The molecule has 0 saturated heterocycles. The molecule has 122 valence electrons. The van der Waals surface area contributed by atoms with Gasteiger partial charge in [-0.15, -0.1) is 0 Å². The minimum Gasteiger partial charge on any atom is -0.465 e. The Kier molecular flexibility index (Phi) is 4.02. The monoisotopic (exact) mass is 387 g/mol. The van der Waals surface area contributed by atoms with Gasteiger partial charge in [0.2, 0.25) is 0 Å². The van der Waals surface area contributed by atoms with E-state index in [9.17, 15) is 9.59 Å². The molecule has 0 aliphatic rings. The van der Waals surface area contributed by atoms with Crippen LogP contribution in [0.25, 0.3) is 16.6 Å². The molecule has 3 aromatic rings. The molecule has 3 rings (SSSR count). The minimum absolute atomic E-state index is 0.0982. The van der Waals surface area contributed by atoms with Crippen LogP contribution in [0.1, 0.15) is 10.4 Å². The Morgan fingerprint density at radius 2 is 1.79 bits per heavy atom. The second-order valence-electron chi connectivity index (χ2n) is 5.17. The summed E-state index contributed by atoms with van der Waals surface area (Å²) in [5, 5.41) is 0.579. The molecule has 1 heterocycles. The maximum atomic E-state index is 12.9. The minimum atomic E-state index is -0.772. The van der Waals surface area contributed by atoms with E-state index >= 15 is 0 Å². The van der Waals surface area contributed by atoms with E-state index in [1.54, 1.807) is 42.5 Å². The first-order chi connectivity index (χ1) is 11.4. The van der Waals surface area contributed by atoms with Crippen LogP contribution < -0.4 is 17.0 Å².